The van der Waals surface area contributed by atoms with Crippen LogP contribution in [0.15, 0.2) is 48.5 Å². The molecule has 8 heteroatoms. The summed E-state index contributed by atoms with van der Waals surface area (Å²) in [6, 6.07) is 14.0. The highest BCUT2D eigenvalue weighted by Gasteiger charge is 2.34. The second kappa shape index (κ2) is 10.9. The van der Waals surface area contributed by atoms with Gasteiger partial charge >= 0.3 is 0 Å². The number of nitrogens with one attached hydrogen (secondary N) is 2. The largest absolute Gasteiger partial charge is 0.497 e. The van der Waals surface area contributed by atoms with Crippen LogP contribution >= 0.6 is 22.9 Å². The molecule has 1 heterocycles. The Bertz CT molecular complexity index is 1230. The zero-order chi connectivity index (χ0) is 25.9. The molecular weight excluding hydrogens is 496 g/mol. The van der Waals surface area contributed by atoms with E-state index in [1.54, 1.807) is 55.6 Å². The van der Waals surface area contributed by atoms with Crippen LogP contribution in [-0.4, -0.2) is 25.5 Å². The summed E-state index contributed by atoms with van der Waals surface area (Å²) in [5.74, 6) is 1.21. The molecule has 1 aromatic heterocycles. The van der Waals surface area contributed by atoms with Gasteiger partial charge in [0.15, 0.2) is 6.61 Å². The Morgan fingerprint density at radius 2 is 1.69 bits per heavy atom. The summed E-state index contributed by atoms with van der Waals surface area (Å²) in [5.41, 5.74) is 2.40. The van der Waals surface area contributed by atoms with Gasteiger partial charge in [-0.25, -0.2) is 0 Å². The Balaban J connectivity index is 1.56. The summed E-state index contributed by atoms with van der Waals surface area (Å²) in [6.45, 7) is 6.59. The molecule has 3 aromatic rings. The number of benzene rings is 2. The number of carbonyl (C=O) groups excluding carboxylic acids is 2. The topological polar surface area (TPSA) is 76.7 Å². The van der Waals surface area contributed by atoms with Gasteiger partial charge in [-0.05, 0) is 84.7 Å². The van der Waals surface area contributed by atoms with Gasteiger partial charge in [-0.2, -0.15) is 0 Å². The van der Waals surface area contributed by atoms with Gasteiger partial charge in [-0.1, -0.05) is 32.4 Å². The van der Waals surface area contributed by atoms with E-state index in [2.05, 4.69) is 31.4 Å². The number of ether oxygens (including phenoxy) is 2. The molecule has 1 aliphatic carbocycles. The highest BCUT2D eigenvalue weighted by molar-refractivity contribution is 7.17. The minimum atomic E-state index is -0.325. The maximum atomic E-state index is 13.5. The van der Waals surface area contributed by atoms with Crippen molar-refractivity contribution in [1.29, 1.82) is 0 Å². The predicted molar refractivity (Wildman–Crippen MR) is 146 cm³/mol. The van der Waals surface area contributed by atoms with Crippen LogP contribution in [-0.2, 0) is 17.6 Å². The first-order valence-electron chi connectivity index (χ1n) is 11.9. The summed E-state index contributed by atoms with van der Waals surface area (Å²) in [4.78, 5) is 27.4. The van der Waals surface area contributed by atoms with Crippen molar-refractivity contribution in [3.8, 4) is 11.5 Å². The molecule has 0 radical (unpaired) electrons. The fourth-order valence-electron chi connectivity index (χ4n) is 4.36. The zero-order valence-corrected chi connectivity index (χ0v) is 22.5. The lowest BCUT2D eigenvalue weighted by Gasteiger charge is -2.33. The van der Waals surface area contributed by atoms with Crippen molar-refractivity contribution in [1.82, 2.24) is 0 Å². The number of carbonyl (C=O) groups is 2. The van der Waals surface area contributed by atoms with Crippen molar-refractivity contribution >= 4 is 45.4 Å². The van der Waals surface area contributed by atoms with Gasteiger partial charge < -0.3 is 20.1 Å². The lowest BCUT2D eigenvalue weighted by molar-refractivity contribution is -0.118. The molecule has 6 nitrogen and oxygen atoms in total. The molecular formula is C28H31ClN2O4S. The fourth-order valence-corrected chi connectivity index (χ4v) is 5.83. The molecule has 0 aliphatic heterocycles. The molecule has 0 saturated heterocycles. The van der Waals surface area contributed by atoms with Crippen LogP contribution in [0.2, 0.25) is 5.02 Å². The second-order valence-electron chi connectivity index (χ2n) is 9.99. The zero-order valence-electron chi connectivity index (χ0n) is 20.9. The summed E-state index contributed by atoms with van der Waals surface area (Å²) < 4.78 is 10.8. The Labute approximate surface area is 221 Å². The molecule has 0 fully saturated rings. The Kier molecular flexibility index (Phi) is 7.91. The van der Waals surface area contributed by atoms with Crippen molar-refractivity contribution < 1.29 is 19.1 Å². The van der Waals surface area contributed by atoms with E-state index in [-0.39, 0.29) is 23.8 Å². The maximum absolute atomic E-state index is 13.5. The number of anilines is 2. The number of thiophene rings is 1. The van der Waals surface area contributed by atoms with Crippen LogP contribution in [0.1, 0.15) is 48.0 Å². The molecule has 2 N–H and O–H groups in total. The van der Waals surface area contributed by atoms with Gasteiger partial charge in [-0.3, -0.25) is 9.59 Å². The molecule has 4 rings (SSSR count). The third-order valence-electron chi connectivity index (χ3n) is 6.50. The minimum Gasteiger partial charge on any atom is -0.497 e. The molecule has 1 aliphatic rings. The van der Waals surface area contributed by atoms with Crippen LogP contribution in [0.5, 0.6) is 11.5 Å². The number of methoxy groups -OCH3 is 1. The maximum Gasteiger partial charge on any atom is 0.262 e. The lowest BCUT2D eigenvalue weighted by atomic mass is 9.72. The molecule has 1 unspecified atom stereocenters. The molecule has 1 atom stereocenters. The molecule has 0 spiro atoms. The monoisotopic (exact) mass is 526 g/mol. The number of fused-ring (bicyclic) bond motifs is 1. The van der Waals surface area contributed by atoms with Gasteiger partial charge in [0.05, 0.1) is 12.7 Å². The van der Waals surface area contributed by atoms with E-state index in [1.165, 1.54) is 11.3 Å². The van der Waals surface area contributed by atoms with E-state index >= 15 is 0 Å². The summed E-state index contributed by atoms with van der Waals surface area (Å²) in [7, 11) is 1.60. The number of hydrogen-bond acceptors (Lipinski definition) is 5. The van der Waals surface area contributed by atoms with E-state index in [0.29, 0.717) is 38.7 Å². The van der Waals surface area contributed by atoms with Gasteiger partial charge in [0.1, 0.15) is 16.5 Å². The molecule has 0 saturated carbocycles. The van der Waals surface area contributed by atoms with Crippen molar-refractivity contribution in [3.05, 3.63) is 69.6 Å². The van der Waals surface area contributed by atoms with Gasteiger partial charge in [0.2, 0.25) is 0 Å². The molecule has 36 heavy (non-hydrogen) atoms. The van der Waals surface area contributed by atoms with E-state index in [4.69, 9.17) is 21.1 Å². The van der Waals surface area contributed by atoms with Gasteiger partial charge in [0, 0.05) is 15.6 Å². The first-order valence-corrected chi connectivity index (χ1v) is 13.1. The average molecular weight is 527 g/mol. The van der Waals surface area contributed by atoms with E-state index < -0.39 is 0 Å². The van der Waals surface area contributed by atoms with Crippen LogP contribution in [0.25, 0.3) is 0 Å². The molecule has 2 amide bonds. The van der Waals surface area contributed by atoms with Crippen LogP contribution in [0.3, 0.4) is 0 Å². The molecule has 0 bridgehead atoms. The van der Waals surface area contributed by atoms with Crippen molar-refractivity contribution in [2.75, 3.05) is 24.4 Å². The number of hydrogen-bond donors (Lipinski definition) is 2. The van der Waals surface area contributed by atoms with Crippen LogP contribution < -0.4 is 20.1 Å². The fraction of sp³-hybridized carbons (Fsp3) is 0.357. The predicted octanol–water partition coefficient (Wildman–Crippen LogP) is 6.83. The highest BCUT2D eigenvalue weighted by Crippen LogP contribution is 2.44. The minimum absolute atomic E-state index is 0.170. The van der Waals surface area contributed by atoms with Crippen molar-refractivity contribution in [2.24, 2.45) is 11.3 Å². The van der Waals surface area contributed by atoms with Crippen molar-refractivity contribution in [3.63, 3.8) is 0 Å². The Morgan fingerprint density at radius 3 is 2.33 bits per heavy atom. The van der Waals surface area contributed by atoms with E-state index in [1.807, 2.05) is 0 Å². The SMILES string of the molecule is COc1ccc(NC(=O)c2c(NC(=O)COc3ccc(Cl)cc3)sc3c2CCC(C(C)(C)C)C3)cc1. The third kappa shape index (κ3) is 6.20. The standard InChI is InChI=1S/C28H31ClN2O4S/c1-28(2,3)17-5-14-22-23(15-17)36-27(31-24(32)16-35-21-10-6-18(29)7-11-21)25(22)26(33)30-19-8-12-20(34-4)13-9-19/h6-13,17H,5,14-16H2,1-4H3,(H,30,33)(H,31,32). The summed E-state index contributed by atoms with van der Waals surface area (Å²) in [5, 5.41) is 7.07. The number of halogens is 1. The highest BCUT2D eigenvalue weighted by atomic mass is 35.5. The van der Waals surface area contributed by atoms with Crippen molar-refractivity contribution in [2.45, 2.75) is 40.0 Å². The van der Waals surface area contributed by atoms with Crippen LogP contribution in [0, 0.1) is 11.3 Å². The van der Waals surface area contributed by atoms with E-state index in [0.717, 1.165) is 29.7 Å². The Hall–Kier alpha value is -3.03. The quantitative estimate of drug-likeness (QED) is 0.353. The van der Waals surface area contributed by atoms with E-state index in [9.17, 15) is 9.59 Å². The first-order chi connectivity index (χ1) is 17.1. The second-order valence-corrected chi connectivity index (χ2v) is 11.5. The average Bonchev–Trinajstić information content (AvgIpc) is 3.20. The third-order valence-corrected chi connectivity index (χ3v) is 7.92. The summed E-state index contributed by atoms with van der Waals surface area (Å²) in [6.07, 6.45) is 2.70. The van der Waals surface area contributed by atoms with Gasteiger partial charge in [0.25, 0.3) is 11.8 Å². The lowest BCUT2D eigenvalue weighted by Crippen LogP contribution is -2.27. The summed E-state index contributed by atoms with van der Waals surface area (Å²) >= 11 is 7.41. The van der Waals surface area contributed by atoms with Gasteiger partial charge in [-0.15, -0.1) is 11.3 Å². The molecule has 2 aromatic carbocycles. The smallest absolute Gasteiger partial charge is 0.262 e. The molecule has 190 valence electrons. The number of rotatable bonds is 7. The first kappa shape index (κ1) is 26.0. The normalized spacial score (nSPS) is 15.1. The number of amides is 2. The van der Waals surface area contributed by atoms with Crippen LogP contribution in [0.4, 0.5) is 10.7 Å². The Morgan fingerprint density at radius 1 is 1.03 bits per heavy atom.